The van der Waals surface area contributed by atoms with Gasteiger partial charge in [-0.25, -0.2) is 0 Å². The molecule has 0 aliphatic carbocycles. The van der Waals surface area contributed by atoms with E-state index in [9.17, 15) is 13.2 Å². The minimum Gasteiger partial charge on any atom is -0.463 e. The summed E-state index contributed by atoms with van der Waals surface area (Å²) in [7, 11) is -3.78. The van der Waals surface area contributed by atoms with Crippen LogP contribution in [0.15, 0.2) is 29.2 Å². The van der Waals surface area contributed by atoms with E-state index in [1.165, 1.54) is 95.6 Å². The Morgan fingerprint density at radius 3 is 1.02 bits per heavy atom. The van der Waals surface area contributed by atoms with E-state index in [2.05, 4.69) is 6.92 Å². The number of hydrogen-bond donors (Lipinski definition) is 0. The van der Waals surface area contributed by atoms with Gasteiger partial charge in [-0.05, 0) is 25.5 Å². The van der Waals surface area contributed by atoms with Gasteiger partial charge in [-0.3, -0.25) is 8.98 Å². The smallest absolute Gasteiger partial charge is 0.305 e. The molecule has 0 bridgehead atoms. The van der Waals surface area contributed by atoms with Crippen molar-refractivity contribution in [1.82, 2.24) is 0 Å². The molecule has 14 nitrogen and oxygen atoms in total. The summed E-state index contributed by atoms with van der Waals surface area (Å²) >= 11 is 0. The van der Waals surface area contributed by atoms with Crippen LogP contribution in [-0.2, 0) is 66.5 Å². The largest absolute Gasteiger partial charge is 0.463 e. The maximum Gasteiger partial charge on any atom is 0.305 e. The lowest BCUT2D eigenvalue weighted by Gasteiger charge is -2.09. The molecule has 0 unspecified atom stereocenters. The molecule has 0 saturated heterocycles. The summed E-state index contributed by atoms with van der Waals surface area (Å²) in [5, 5.41) is 0. The van der Waals surface area contributed by atoms with Gasteiger partial charge in [0.25, 0.3) is 10.1 Å². The Morgan fingerprint density at radius 2 is 0.683 bits per heavy atom. The number of rotatable bonds is 48. The van der Waals surface area contributed by atoms with Crippen molar-refractivity contribution in [1.29, 1.82) is 0 Å². The molecule has 1 aromatic rings. The predicted molar refractivity (Wildman–Crippen MR) is 232 cm³/mol. The molecule has 0 fully saturated rings. The van der Waals surface area contributed by atoms with Crippen molar-refractivity contribution < 1.29 is 64.8 Å². The Bertz CT molecular complexity index is 1160. The summed E-state index contributed by atoms with van der Waals surface area (Å²) < 4.78 is 83.7. The molecule has 0 heterocycles. The molecular formula is C45H82O14S. The first-order valence-electron chi connectivity index (χ1n) is 22.8. The normalized spacial score (nSPS) is 11.8. The third-order valence-corrected chi connectivity index (χ3v) is 10.6. The molecule has 0 spiro atoms. The molecule has 1 aromatic carbocycles. The molecule has 0 amide bonds. The number of carbonyl (C=O) groups is 1. The highest BCUT2D eigenvalue weighted by Gasteiger charge is 2.14. The van der Waals surface area contributed by atoms with E-state index in [1.807, 2.05) is 6.92 Å². The first kappa shape index (κ1) is 56.3. The van der Waals surface area contributed by atoms with Gasteiger partial charge in [-0.1, -0.05) is 115 Å². The van der Waals surface area contributed by atoms with E-state index in [-0.39, 0.29) is 30.7 Å². The third kappa shape index (κ3) is 39.1. The van der Waals surface area contributed by atoms with Gasteiger partial charge in [0, 0.05) is 6.42 Å². The molecular weight excluding hydrogens is 797 g/mol. The Kier molecular flexibility index (Phi) is 41.1. The molecule has 0 saturated carbocycles. The van der Waals surface area contributed by atoms with Crippen LogP contribution in [0.2, 0.25) is 0 Å². The topological polar surface area (TPSA) is 153 Å². The predicted octanol–water partition coefficient (Wildman–Crippen LogP) is 7.65. The van der Waals surface area contributed by atoms with Crippen molar-refractivity contribution in [3.8, 4) is 0 Å². The van der Waals surface area contributed by atoms with E-state index in [4.69, 9.17) is 51.6 Å². The second-order valence-corrected chi connectivity index (χ2v) is 16.1. The van der Waals surface area contributed by atoms with Gasteiger partial charge < -0.3 is 47.4 Å². The summed E-state index contributed by atoms with van der Waals surface area (Å²) in [6, 6.07) is 6.48. The number of aryl methyl sites for hydroxylation is 1. The van der Waals surface area contributed by atoms with E-state index in [0.29, 0.717) is 119 Å². The number of unbranched alkanes of at least 4 members (excludes halogenated alkanes) is 14. The quantitative estimate of drug-likeness (QED) is 0.0358. The zero-order valence-corrected chi connectivity index (χ0v) is 38.2. The maximum atomic E-state index is 12.1. The number of esters is 1. The minimum absolute atomic E-state index is 0.0622. The van der Waals surface area contributed by atoms with Crippen molar-refractivity contribution in [2.24, 2.45) is 0 Å². The Hall–Kier alpha value is -1.76. The van der Waals surface area contributed by atoms with Crippen LogP contribution in [0.1, 0.15) is 115 Å². The van der Waals surface area contributed by atoms with Crippen LogP contribution in [0.3, 0.4) is 0 Å². The van der Waals surface area contributed by atoms with Gasteiger partial charge in [0.1, 0.15) is 6.61 Å². The third-order valence-electron chi connectivity index (χ3n) is 9.23. The van der Waals surface area contributed by atoms with Crippen molar-refractivity contribution in [2.45, 2.75) is 121 Å². The van der Waals surface area contributed by atoms with Gasteiger partial charge in [0.15, 0.2) is 0 Å². The van der Waals surface area contributed by atoms with Crippen molar-refractivity contribution >= 4 is 16.1 Å². The summed E-state index contributed by atoms with van der Waals surface area (Å²) in [6.07, 6.45) is 20.1. The molecule has 0 aromatic heterocycles. The van der Waals surface area contributed by atoms with E-state index >= 15 is 0 Å². The zero-order valence-electron chi connectivity index (χ0n) is 37.4. The number of benzene rings is 1. The highest BCUT2D eigenvalue weighted by atomic mass is 32.2. The average molecular weight is 879 g/mol. The number of hydrogen-bond acceptors (Lipinski definition) is 14. The first-order chi connectivity index (χ1) is 29.5. The molecule has 15 heteroatoms. The van der Waals surface area contributed by atoms with E-state index in [1.54, 1.807) is 12.1 Å². The lowest BCUT2D eigenvalue weighted by atomic mass is 10.0. The monoisotopic (exact) mass is 879 g/mol. The fourth-order valence-corrected chi connectivity index (χ4v) is 6.66. The zero-order chi connectivity index (χ0) is 43.3. The molecule has 1 rings (SSSR count). The van der Waals surface area contributed by atoms with Crippen molar-refractivity contribution in [3.05, 3.63) is 29.8 Å². The fourth-order valence-electron chi connectivity index (χ4n) is 5.76. The van der Waals surface area contributed by atoms with Crippen LogP contribution in [0.4, 0.5) is 0 Å². The average Bonchev–Trinajstić information content (AvgIpc) is 3.24. The van der Waals surface area contributed by atoms with Crippen LogP contribution < -0.4 is 0 Å². The Morgan fingerprint density at radius 1 is 0.400 bits per heavy atom. The fraction of sp³-hybridized carbons (Fsp3) is 0.844. The van der Waals surface area contributed by atoms with Crippen molar-refractivity contribution in [3.63, 3.8) is 0 Å². The lowest BCUT2D eigenvalue weighted by molar-refractivity contribution is -0.145. The second-order valence-electron chi connectivity index (χ2n) is 14.5. The van der Waals surface area contributed by atoms with Gasteiger partial charge in [0.05, 0.1) is 130 Å². The standard InChI is InChI=1S/C45H82O14S/c1-3-4-5-6-7-8-9-10-11-12-13-14-15-16-17-18-45(46)58-41-39-56-37-35-54-33-31-52-29-27-50-25-23-49-24-26-51-28-30-53-32-34-55-36-38-57-40-42-59-60(47,48)44-21-19-43(2)20-22-44/h19-22H,3-18,23-42H2,1-2H3. The van der Waals surface area contributed by atoms with Crippen LogP contribution >= 0.6 is 0 Å². The van der Waals surface area contributed by atoms with E-state index < -0.39 is 10.1 Å². The lowest BCUT2D eigenvalue weighted by Crippen LogP contribution is -2.16. The highest BCUT2D eigenvalue weighted by molar-refractivity contribution is 7.86. The van der Waals surface area contributed by atoms with Gasteiger partial charge in [0.2, 0.25) is 0 Å². The number of ether oxygens (including phenoxy) is 10. The van der Waals surface area contributed by atoms with Gasteiger partial charge in [-0.2, -0.15) is 8.42 Å². The van der Waals surface area contributed by atoms with Crippen LogP contribution in [0.5, 0.6) is 0 Å². The maximum absolute atomic E-state index is 12.1. The van der Waals surface area contributed by atoms with Gasteiger partial charge >= 0.3 is 5.97 Å². The molecule has 352 valence electrons. The molecule has 0 aliphatic rings. The summed E-state index contributed by atoms with van der Waals surface area (Å²) in [6.45, 7) is 12.0. The Balaban J connectivity index is 1.67. The minimum atomic E-state index is -3.78. The van der Waals surface area contributed by atoms with Crippen LogP contribution in [0, 0.1) is 6.92 Å². The summed E-state index contributed by atoms with van der Waals surface area (Å²) in [4.78, 5) is 12.0. The second kappa shape index (κ2) is 43.9. The molecule has 0 atom stereocenters. The first-order valence-corrected chi connectivity index (χ1v) is 24.2. The molecule has 60 heavy (non-hydrogen) atoms. The summed E-state index contributed by atoms with van der Waals surface area (Å²) in [5.74, 6) is -0.138. The van der Waals surface area contributed by atoms with E-state index in [0.717, 1.165) is 18.4 Å². The molecule has 0 radical (unpaired) electrons. The van der Waals surface area contributed by atoms with Crippen molar-refractivity contribution in [2.75, 3.05) is 132 Å². The molecule has 0 N–H and O–H groups in total. The molecule has 0 aliphatic heterocycles. The van der Waals surface area contributed by atoms with Gasteiger partial charge in [-0.15, -0.1) is 0 Å². The Labute approximate surface area is 363 Å². The van der Waals surface area contributed by atoms with Crippen LogP contribution in [0.25, 0.3) is 0 Å². The highest BCUT2D eigenvalue weighted by Crippen LogP contribution is 2.15. The number of carbonyl (C=O) groups excluding carboxylic acids is 1. The van der Waals surface area contributed by atoms with Crippen LogP contribution in [-0.4, -0.2) is 147 Å². The SMILES string of the molecule is CCCCCCCCCCCCCCCCCC(=O)OCCOCCOCCOCCOCCOCCOCCOCCOCCOCCOS(=O)(=O)c1ccc(C)cc1. The summed E-state index contributed by atoms with van der Waals surface area (Å²) in [5.41, 5.74) is 0.974.